The zero-order valence-electron chi connectivity index (χ0n) is 8.82. The van der Waals surface area contributed by atoms with E-state index in [0.717, 1.165) is 11.3 Å². The van der Waals surface area contributed by atoms with E-state index < -0.39 is 0 Å². The molecule has 5 heteroatoms. The maximum atomic E-state index is 11.2. The van der Waals surface area contributed by atoms with Crippen LogP contribution in [0.25, 0.3) is 0 Å². The average molecular weight is 216 g/mol. The first-order valence-corrected chi connectivity index (χ1v) is 4.83. The normalized spacial score (nSPS) is 10.1. The fraction of sp³-hybridized carbons (Fsp3) is 0.0909. The van der Waals surface area contributed by atoms with E-state index in [1.807, 2.05) is 31.2 Å². The van der Waals surface area contributed by atoms with Gasteiger partial charge in [-0.05, 0) is 24.6 Å². The molecule has 0 unspecified atom stereocenters. The smallest absolute Gasteiger partial charge is 0.276 e. The maximum absolute atomic E-state index is 11.2. The maximum Gasteiger partial charge on any atom is 0.276 e. The van der Waals surface area contributed by atoms with Crippen molar-refractivity contribution in [2.75, 3.05) is 11.1 Å². The third-order valence-corrected chi connectivity index (χ3v) is 2.17. The van der Waals surface area contributed by atoms with E-state index in [4.69, 9.17) is 5.73 Å². The zero-order valence-corrected chi connectivity index (χ0v) is 8.82. The number of hydrogen-bond donors (Lipinski definition) is 3. The van der Waals surface area contributed by atoms with Crippen molar-refractivity contribution in [1.82, 2.24) is 9.97 Å². The number of aromatic amines is 1. The Morgan fingerprint density at radius 2 is 2.25 bits per heavy atom. The lowest BCUT2D eigenvalue weighted by Gasteiger charge is -2.07. The zero-order chi connectivity index (χ0) is 11.5. The van der Waals surface area contributed by atoms with E-state index in [2.05, 4.69) is 15.3 Å². The van der Waals surface area contributed by atoms with Gasteiger partial charge in [-0.1, -0.05) is 12.1 Å². The molecule has 0 aliphatic heterocycles. The van der Waals surface area contributed by atoms with Crippen molar-refractivity contribution in [3.8, 4) is 0 Å². The molecule has 16 heavy (non-hydrogen) atoms. The van der Waals surface area contributed by atoms with Crippen molar-refractivity contribution in [1.29, 1.82) is 0 Å². The van der Waals surface area contributed by atoms with Crippen LogP contribution < -0.4 is 16.6 Å². The van der Waals surface area contributed by atoms with E-state index >= 15 is 0 Å². The summed E-state index contributed by atoms with van der Waals surface area (Å²) < 4.78 is 0. The second kappa shape index (κ2) is 4.06. The fourth-order valence-corrected chi connectivity index (χ4v) is 1.37. The van der Waals surface area contributed by atoms with Crippen molar-refractivity contribution in [2.45, 2.75) is 6.92 Å². The van der Waals surface area contributed by atoms with Crippen LogP contribution in [0.2, 0.25) is 0 Å². The van der Waals surface area contributed by atoms with Gasteiger partial charge in [0.05, 0.1) is 6.33 Å². The molecule has 1 heterocycles. The van der Waals surface area contributed by atoms with E-state index in [1.165, 1.54) is 6.33 Å². The molecule has 5 nitrogen and oxygen atoms in total. The molecule has 1 aromatic carbocycles. The number of nitrogens with zero attached hydrogens (tertiary/aromatic N) is 1. The predicted octanol–water partition coefficient (Wildman–Crippen LogP) is 1.40. The third kappa shape index (κ3) is 2.03. The third-order valence-electron chi connectivity index (χ3n) is 2.17. The van der Waals surface area contributed by atoms with E-state index in [-0.39, 0.29) is 11.2 Å². The van der Waals surface area contributed by atoms with Crippen molar-refractivity contribution in [2.24, 2.45) is 0 Å². The summed E-state index contributed by atoms with van der Waals surface area (Å²) in [4.78, 5) is 17.6. The topological polar surface area (TPSA) is 83.8 Å². The molecule has 0 radical (unpaired) electrons. The average Bonchev–Trinajstić information content (AvgIpc) is 2.25. The van der Waals surface area contributed by atoms with Crippen LogP contribution in [-0.2, 0) is 0 Å². The minimum absolute atomic E-state index is 0.0870. The molecular formula is C11H12N4O. The Labute approximate surface area is 92.3 Å². The van der Waals surface area contributed by atoms with E-state index in [1.54, 1.807) is 0 Å². The van der Waals surface area contributed by atoms with Crippen LogP contribution in [-0.4, -0.2) is 9.97 Å². The summed E-state index contributed by atoms with van der Waals surface area (Å²) in [5.74, 6) is 0.370. The predicted molar refractivity (Wildman–Crippen MR) is 63.7 cm³/mol. The number of benzene rings is 1. The summed E-state index contributed by atoms with van der Waals surface area (Å²) in [6.07, 6.45) is 1.32. The van der Waals surface area contributed by atoms with Gasteiger partial charge in [0.25, 0.3) is 5.56 Å². The highest BCUT2D eigenvalue weighted by Gasteiger charge is 2.04. The van der Waals surface area contributed by atoms with Crippen molar-refractivity contribution in [3.63, 3.8) is 0 Å². The Morgan fingerprint density at radius 3 is 3.00 bits per heavy atom. The lowest BCUT2D eigenvalue weighted by molar-refractivity contribution is 1.13. The Bertz CT molecular complexity index is 562. The Morgan fingerprint density at radius 1 is 1.44 bits per heavy atom. The molecule has 4 N–H and O–H groups in total. The molecule has 0 aliphatic carbocycles. The number of anilines is 3. The Balaban J connectivity index is 2.34. The second-order valence-corrected chi connectivity index (χ2v) is 3.49. The van der Waals surface area contributed by atoms with Gasteiger partial charge < -0.3 is 16.0 Å². The highest BCUT2D eigenvalue weighted by molar-refractivity contribution is 5.67. The van der Waals surface area contributed by atoms with E-state index in [9.17, 15) is 4.79 Å². The van der Waals surface area contributed by atoms with Crippen LogP contribution in [0.4, 0.5) is 17.2 Å². The molecule has 0 atom stereocenters. The van der Waals surface area contributed by atoms with Gasteiger partial charge in [-0.25, -0.2) is 4.98 Å². The molecule has 0 bridgehead atoms. The van der Waals surface area contributed by atoms with Crippen molar-refractivity contribution < 1.29 is 0 Å². The van der Waals surface area contributed by atoms with Crippen LogP contribution in [0, 0.1) is 6.92 Å². The summed E-state index contributed by atoms with van der Waals surface area (Å²) in [6.45, 7) is 1.99. The standard InChI is InChI=1S/C11H12N4O/c1-7-3-2-4-8(5-7)15-10-9(12)11(16)14-6-13-10/h2-6H,12H2,1H3,(H2,13,14,15,16). The quantitative estimate of drug-likeness (QED) is 0.708. The number of rotatable bonds is 2. The molecule has 0 spiro atoms. The molecule has 1 aromatic heterocycles. The van der Waals surface area contributed by atoms with Gasteiger partial charge in [0.2, 0.25) is 0 Å². The summed E-state index contributed by atoms with van der Waals surface area (Å²) in [5, 5.41) is 3.00. The minimum atomic E-state index is -0.342. The Hall–Kier alpha value is -2.30. The fourth-order valence-electron chi connectivity index (χ4n) is 1.37. The van der Waals surface area contributed by atoms with Gasteiger partial charge in [-0.2, -0.15) is 0 Å². The number of aryl methyl sites for hydroxylation is 1. The molecule has 0 fully saturated rings. The molecule has 82 valence electrons. The summed E-state index contributed by atoms with van der Waals surface area (Å²) >= 11 is 0. The van der Waals surface area contributed by atoms with Crippen LogP contribution in [0.3, 0.4) is 0 Å². The molecule has 0 aliphatic rings. The summed E-state index contributed by atoms with van der Waals surface area (Å²) in [7, 11) is 0. The van der Waals surface area contributed by atoms with Crippen molar-refractivity contribution >= 4 is 17.2 Å². The molecule has 0 amide bonds. The van der Waals surface area contributed by atoms with Crippen LogP contribution in [0.5, 0.6) is 0 Å². The van der Waals surface area contributed by atoms with Gasteiger partial charge in [-0.15, -0.1) is 0 Å². The largest absolute Gasteiger partial charge is 0.391 e. The Kier molecular flexibility index (Phi) is 2.59. The molecule has 0 saturated carbocycles. The van der Waals surface area contributed by atoms with Crippen LogP contribution in [0.1, 0.15) is 5.56 Å². The number of nitrogen functional groups attached to an aromatic ring is 1. The summed E-state index contributed by atoms with van der Waals surface area (Å²) in [6, 6.07) is 7.73. The van der Waals surface area contributed by atoms with Gasteiger partial charge >= 0.3 is 0 Å². The highest BCUT2D eigenvalue weighted by Crippen LogP contribution is 2.17. The number of hydrogen-bond acceptors (Lipinski definition) is 4. The first-order chi connectivity index (χ1) is 7.66. The lowest BCUT2D eigenvalue weighted by atomic mass is 10.2. The highest BCUT2D eigenvalue weighted by atomic mass is 16.1. The lowest BCUT2D eigenvalue weighted by Crippen LogP contribution is -2.14. The summed E-state index contributed by atoms with van der Waals surface area (Å²) in [5.41, 5.74) is 7.31. The first kappa shape index (κ1) is 10.2. The molecular weight excluding hydrogens is 204 g/mol. The van der Waals surface area contributed by atoms with E-state index in [0.29, 0.717) is 5.82 Å². The van der Waals surface area contributed by atoms with Crippen LogP contribution in [0.15, 0.2) is 35.4 Å². The van der Waals surface area contributed by atoms with Crippen molar-refractivity contribution in [3.05, 3.63) is 46.5 Å². The number of H-pyrrole nitrogens is 1. The number of aromatic nitrogens is 2. The van der Waals surface area contributed by atoms with Gasteiger partial charge in [0, 0.05) is 5.69 Å². The van der Waals surface area contributed by atoms with Gasteiger partial charge in [0.15, 0.2) is 5.82 Å². The number of nitrogens with two attached hydrogens (primary N) is 1. The van der Waals surface area contributed by atoms with Gasteiger partial charge in [-0.3, -0.25) is 4.79 Å². The van der Waals surface area contributed by atoms with Gasteiger partial charge in [0.1, 0.15) is 5.69 Å². The minimum Gasteiger partial charge on any atom is -0.391 e. The SMILES string of the molecule is Cc1cccc(Nc2nc[nH]c(=O)c2N)c1. The molecule has 2 rings (SSSR count). The second-order valence-electron chi connectivity index (χ2n) is 3.49. The monoisotopic (exact) mass is 216 g/mol. The first-order valence-electron chi connectivity index (χ1n) is 4.83. The molecule has 2 aromatic rings. The molecule has 0 saturated heterocycles. The van der Waals surface area contributed by atoms with Crippen LogP contribution >= 0.6 is 0 Å². The number of nitrogens with one attached hydrogen (secondary N) is 2.